The van der Waals surface area contributed by atoms with Crippen molar-refractivity contribution in [2.24, 2.45) is 0 Å². The monoisotopic (exact) mass is 416 g/mol. The zero-order chi connectivity index (χ0) is 21.8. The largest absolute Gasteiger partial charge is 0.497 e. The van der Waals surface area contributed by atoms with Crippen LogP contribution in [0.15, 0.2) is 60.9 Å². The van der Waals surface area contributed by atoms with Crippen LogP contribution in [0.5, 0.6) is 17.4 Å². The Kier molecular flexibility index (Phi) is 5.48. The number of anilines is 2. The molecule has 1 amide bonds. The van der Waals surface area contributed by atoms with E-state index in [-0.39, 0.29) is 23.3 Å². The maximum absolute atomic E-state index is 12.3. The van der Waals surface area contributed by atoms with Gasteiger partial charge in [0.25, 0.3) is 5.91 Å². The van der Waals surface area contributed by atoms with Crippen LogP contribution in [0.25, 0.3) is 10.9 Å². The Bertz CT molecular complexity index is 1240. The average molecular weight is 416 g/mol. The highest BCUT2D eigenvalue weighted by atomic mass is 16.5. The highest BCUT2D eigenvalue weighted by Gasteiger charge is 2.14. The lowest BCUT2D eigenvalue weighted by Crippen LogP contribution is -2.30. The average Bonchev–Trinajstić information content (AvgIpc) is 2.80. The molecular formula is C22H20N6O3. The Labute approximate surface area is 178 Å². The number of aromatic nitrogens is 3. The molecule has 9 heteroatoms. The number of nitrogen functional groups attached to an aromatic ring is 1. The van der Waals surface area contributed by atoms with Gasteiger partial charge in [-0.2, -0.15) is 4.98 Å². The van der Waals surface area contributed by atoms with Gasteiger partial charge in [-0.25, -0.2) is 9.97 Å². The molecule has 0 radical (unpaired) electrons. The first-order valence-corrected chi connectivity index (χ1v) is 9.40. The summed E-state index contributed by atoms with van der Waals surface area (Å²) in [6.45, 7) is 1.91. The zero-order valence-electron chi connectivity index (χ0n) is 16.9. The summed E-state index contributed by atoms with van der Waals surface area (Å²) in [5.74, 6) is 1.16. The Balaban J connectivity index is 1.52. The van der Waals surface area contributed by atoms with E-state index >= 15 is 0 Å². The predicted octanol–water partition coefficient (Wildman–Crippen LogP) is 3.47. The highest BCUT2D eigenvalue weighted by Crippen LogP contribution is 2.32. The summed E-state index contributed by atoms with van der Waals surface area (Å²) in [4.78, 5) is 25.1. The lowest BCUT2D eigenvalue weighted by molar-refractivity contribution is 0.0962. The van der Waals surface area contributed by atoms with Crippen molar-refractivity contribution >= 4 is 28.3 Å². The fourth-order valence-electron chi connectivity index (χ4n) is 2.89. The molecule has 2 aromatic heterocycles. The van der Waals surface area contributed by atoms with E-state index in [0.717, 1.165) is 11.1 Å². The van der Waals surface area contributed by atoms with E-state index in [2.05, 4.69) is 25.8 Å². The van der Waals surface area contributed by atoms with Crippen molar-refractivity contribution in [2.45, 2.75) is 6.92 Å². The van der Waals surface area contributed by atoms with E-state index in [1.165, 1.54) is 6.33 Å². The number of fused-ring (bicyclic) bond motifs is 1. The minimum atomic E-state index is -0.364. The number of nitrogens with two attached hydrogens (primary N) is 1. The summed E-state index contributed by atoms with van der Waals surface area (Å²) < 4.78 is 11.0. The number of carbonyl (C=O) groups excluding carboxylic acids is 1. The van der Waals surface area contributed by atoms with E-state index in [1.807, 2.05) is 31.2 Å². The second kappa shape index (κ2) is 8.54. The quantitative estimate of drug-likeness (QED) is 0.408. The summed E-state index contributed by atoms with van der Waals surface area (Å²) in [5.41, 5.74) is 13.6. The fraction of sp³-hybridized carbons (Fsp3) is 0.0909. The summed E-state index contributed by atoms with van der Waals surface area (Å²) in [7, 11) is 1.56. The van der Waals surface area contributed by atoms with E-state index in [4.69, 9.17) is 15.2 Å². The number of hydrazine groups is 1. The van der Waals surface area contributed by atoms with Crippen LogP contribution in [0.4, 0.5) is 11.5 Å². The minimum Gasteiger partial charge on any atom is -0.497 e. The number of benzene rings is 2. The number of pyridine rings is 1. The van der Waals surface area contributed by atoms with Gasteiger partial charge in [0.05, 0.1) is 7.11 Å². The van der Waals surface area contributed by atoms with Crippen LogP contribution in [-0.4, -0.2) is 28.0 Å². The summed E-state index contributed by atoms with van der Waals surface area (Å²) in [5, 5.41) is 0.931. The van der Waals surface area contributed by atoms with Crippen molar-refractivity contribution in [2.75, 3.05) is 18.3 Å². The molecular weight excluding hydrogens is 396 g/mol. The first-order valence-electron chi connectivity index (χ1n) is 9.40. The van der Waals surface area contributed by atoms with Gasteiger partial charge >= 0.3 is 0 Å². The Morgan fingerprint density at radius 3 is 2.61 bits per heavy atom. The molecule has 0 unspecified atom stereocenters. The van der Waals surface area contributed by atoms with E-state index in [9.17, 15) is 4.79 Å². The van der Waals surface area contributed by atoms with Crippen LogP contribution in [0, 0.1) is 6.92 Å². The number of hydrogen-bond acceptors (Lipinski definition) is 8. The van der Waals surface area contributed by atoms with Crippen molar-refractivity contribution in [1.29, 1.82) is 0 Å². The van der Waals surface area contributed by atoms with Gasteiger partial charge in [-0.05, 0) is 43.3 Å². The van der Waals surface area contributed by atoms with Crippen LogP contribution in [0.2, 0.25) is 0 Å². The predicted molar refractivity (Wildman–Crippen MR) is 117 cm³/mol. The molecule has 4 N–H and O–H groups in total. The summed E-state index contributed by atoms with van der Waals surface area (Å²) in [6.07, 6.45) is 1.29. The van der Waals surface area contributed by atoms with Gasteiger partial charge in [-0.3, -0.25) is 15.6 Å². The number of rotatable bonds is 6. The van der Waals surface area contributed by atoms with Gasteiger partial charge in [-0.15, -0.1) is 0 Å². The van der Waals surface area contributed by atoms with Gasteiger partial charge in [-0.1, -0.05) is 18.2 Å². The molecule has 156 valence electrons. The normalized spacial score (nSPS) is 10.5. The van der Waals surface area contributed by atoms with Crippen molar-refractivity contribution in [3.8, 4) is 17.4 Å². The Hall–Kier alpha value is -4.40. The number of para-hydroxylation sites is 1. The maximum Gasteiger partial charge on any atom is 0.269 e. The lowest BCUT2D eigenvalue weighted by atomic mass is 10.2. The third kappa shape index (κ3) is 4.30. The van der Waals surface area contributed by atoms with Gasteiger partial charge < -0.3 is 15.2 Å². The third-order valence-electron chi connectivity index (χ3n) is 4.52. The first kappa shape index (κ1) is 19.9. The van der Waals surface area contributed by atoms with Gasteiger partial charge in [0, 0.05) is 16.6 Å². The van der Waals surface area contributed by atoms with E-state index < -0.39 is 0 Å². The first-order chi connectivity index (χ1) is 15.0. The van der Waals surface area contributed by atoms with Crippen LogP contribution >= 0.6 is 0 Å². The molecule has 2 heterocycles. The van der Waals surface area contributed by atoms with Gasteiger partial charge in [0.2, 0.25) is 5.88 Å². The highest BCUT2D eigenvalue weighted by molar-refractivity contribution is 5.95. The van der Waals surface area contributed by atoms with Gasteiger partial charge in [0.1, 0.15) is 23.3 Å². The molecule has 4 aromatic rings. The Morgan fingerprint density at radius 1 is 1.03 bits per heavy atom. The number of methoxy groups -OCH3 is 1. The summed E-state index contributed by atoms with van der Waals surface area (Å²) >= 11 is 0. The minimum absolute atomic E-state index is 0.141. The fourth-order valence-corrected chi connectivity index (χ4v) is 2.89. The SMILES string of the molecule is COc1ccc(C(=O)NNc2ncnc(Oc3cccc4ccc(C)nc34)c2N)cc1. The second-order valence-electron chi connectivity index (χ2n) is 6.63. The van der Waals surface area contributed by atoms with E-state index in [0.29, 0.717) is 22.6 Å². The van der Waals surface area contributed by atoms with Gasteiger partial charge in [0.15, 0.2) is 11.6 Å². The van der Waals surface area contributed by atoms with Crippen LogP contribution in [0.3, 0.4) is 0 Å². The van der Waals surface area contributed by atoms with Crippen molar-refractivity contribution in [3.63, 3.8) is 0 Å². The number of carbonyl (C=O) groups is 1. The number of hydrogen-bond donors (Lipinski definition) is 3. The third-order valence-corrected chi connectivity index (χ3v) is 4.52. The molecule has 0 bridgehead atoms. The molecule has 0 aliphatic carbocycles. The molecule has 0 saturated heterocycles. The molecule has 0 aliphatic rings. The number of nitrogens with zero attached hydrogens (tertiary/aromatic N) is 3. The van der Waals surface area contributed by atoms with Crippen LogP contribution in [-0.2, 0) is 0 Å². The maximum atomic E-state index is 12.3. The number of aryl methyl sites for hydroxylation is 1. The molecule has 4 rings (SSSR count). The second-order valence-corrected chi connectivity index (χ2v) is 6.63. The van der Waals surface area contributed by atoms with Crippen LogP contribution in [0.1, 0.15) is 16.1 Å². The topological polar surface area (TPSA) is 124 Å². The molecule has 2 aromatic carbocycles. The standard InChI is InChI=1S/C22H20N6O3/c1-13-6-7-14-4-3-5-17(19(14)26-13)31-22-18(23)20(24-12-25-22)27-28-21(29)15-8-10-16(30-2)11-9-15/h3-12H,23H2,1-2H3,(H,28,29)(H,24,25,27). The molecule has 0 fully saturated rings. The molecule has 0 aliphatic heterocycles. The van der Waals surface area contributed by atoms with Crippen LogP contribution < -0.4 is 26.1 Å². The number of nitrogens with one attached hydrogen (secondary N) is 2. The molecule has 0 atom stereocenters. The van der Waals surface area contributed by atoms with Crippen molar-refractivity contribution < 1.29 is 14.3 Å². The molecule has 31 heavy (non-hydrogen) atoms. The smallest absolute Gasteiger partial charge is 0.269 e. The summed E-state index contributed by atoms with van der Waals surface area (Å²) in [6, 6.07) is 16.2. The molecule has 0 spiro atoms. The van der Waals surface area contributed by atoms with Crippen molar-refractivity contribution in [1.82, 2.24) is 20.4 Å². The zero-order valence-corrected chi connectivity index (χ0v) is 16.9. The lowest BCUT2D eigenvalue weighted by Gasteiger charge is -2.13. The number of amides is 1. The molecule has 9 nitrogen and oxygen atoms in total. The Morgan fingerprint density at radius 2 is 1.84 bits per heavy atom. The van der Waals surface area contributed by atoms with Crippen molar-refractivity contribution in [3.05, 3.63) is 72.2 Å². The van der Waals surface area contributed by atoms with E-state index in [1.54, 1.807) is 37.4 Å². The molecule has 0 saturated carbocycles. The number of ether oxygens (including phenoxy) is 2.